The zero-order valence-electron chi connectivity index (χ0n) is 12.2. The maximum atomic E-state index is 13.2. The number of rotatable bonds is 5. The minimum atomic E-state index is -0.485. The van der Waals surface area contributed by atoms with E-state index in [0.29, 0.717) is 17.8 Å². The third-order valence-electron chi connectivity index (χ3n) is 3.04. The van der Waals surface area contributed by atoms with E-state index in [1.165, 1.54) is 18.2 Å². The van der Waals surface area contributed by atoms with E-state index >= 15 is 0 Å². The van der Waals surface area contributed by atoms with Gasteiger partial charge in [-0.15, -0.1) is 0 Å². The molecule has 2 aromatic rings. The summed E-state index contributed by atoms with van der Waals surface area (Å²) in [7, 11) is 0. The van der Waals surface area contributed by atoms with Crippen LogP contribution in [0.15, 0.2) is 48.5 Å². The fourth-order valence-corrected chi connectivity index (χ4v) is 1.95. The zero-order valence-corrected chi connectivity index (χ0v) is 12.2. The van der Waals surface area contributed by atoms with Crippen molar-refractivity contribution in [3.05, 3.63) is 65.5 Å². The van der Waals surface area contributed by atoms with Gasteiger partial charge in [0.25, 0.3) is 11.8 Å². The highest BCUT2D eigenvalue weighted by Crippen LogP contribution is 2.16. The Bertz CT molecular complexity index is 686. The summed E-state index contributed by atoms with van der Waals surface area (Å²) < 4.78 is 13.2. The average molecular weight is 300 g/mol. The Balaban J connectivity index is 2.19. The molecule has 0 saturated heterocycles. The Morgan fingerprint density at radius 1 is 1.05 bits per heavy atom. The Kier molecular flexibility index (Phi) is 5.25. The Labute approximate surface area is 128 Å². The third kappa shape index (κ3) is 3.91. The van der Waals surface area contributed by atoms with Gasteiger partial charge in [-0.25, -0.2) is 4.39 Å². The van der Waals surface area contributed by atoms with E-state index in [2.05, 4.69) is 10.6 Å². The van der Waals surface area contributed by atoms with Gasteiger partial charge in [0, 0.05) is 12.1 Å². The number of amides is 2. The van der Waals surface area contributed by atoms with Gasteiger partial charge >= 0.3 is 0 Å². The molecule has 0 spiro atoms. The van der Waals surface area contributed by atoms with Crippen LogP contribution in [0.1, 0.15) is 34.1 Å². The van der Waals surface area contributed by atoms with Crippen molar-refractivity contribution in [3.63, 3.8) is 0 Å². The summed E-state index contributed by atoms with van der Waals surface area (Å²) in [5.74, 6) is -1.20. The van der Waals surface area contributed by atoms with E-state index in [0.717, 1.165) is 12.5 Å². The fourth-order valence-electron chi connectivity index (χ4n) is 1.95. The molecule has 114 valence electrons. The molecule has 0 radical (unpaired) electrons. The largest absolute Gasteiger partial charge is 0.352 e. The van der Waals surface area contributed by atoms with Crippen molar-refractivity contribution < 1.29 is 14.0 Å². The van der Waals surface area contributed by atoms with Crippen LogP contribution in [0.25, 0.3) is 0 Å². The quantitative estimate of drug-likeness (QED) is 0.890. The van der Waals surface area contributed by atoms with Crippen LogP contribution in [0.4, 0.5) is 10.1 Å². The van der Waals surface area contributed by atoms with Crippen LogP contribution < -0.4 is 10.6 Å². The normalized spacial score (nSPS) is 10.1. The number of halogens is 1. The molecule has 0 fully saturated rings. The van der Waals surface area contributed by atoms with Crippen molar-refractivity contribution in [2.75, 3.05) is 11.9 Å². The highest BCUT2D eigenvalue weighted by Gasteiger charge is 2.13. The molecule has 0 atom stereocenters. The second-order valence-corrected chi connectivity index (χ2v) is 4.77. The summed E-state index contributed by atoms with van der Waals surface area (Å²) in [5, 5.41) is 5.41. The lowest BCUT2D eigenvalue weighted by molar-refractivity contribution is 0.0954. The molecule has 0 heterocycles. The molecular formula is C17H17FN2O2. The second-order valence-electron chi connectivity index (χ2n) is 4.77. The molecule has 4 nitrogen and oxygen atoms in total. The lowest BCUT2D eigenvalue weighted by Gasteiger charge is -2.11. The van der Waals surface area contributed by atoms with Crippen LogP contribution in [-0.4, -0.2) is 18.4 Å². The van der Waals surface area contributed by atoms with Gasteiger partial charge in [0.2, 0.25) is 0 Å². The van der Waals surface area contributed by atoms with Crippen molar-refractivity contribution in [3.8, 4) is 0 Å². The van der Waals surface area contributed by atoms with Crippen LogP contribution >= 0.6 is 0 Å². The molecule has 22 heavy (non-hydrogen) atoms. The number of hydrogen-bond acceptors (Lipinski definition) is 2. The highest BCUT2D eigenvalue weighted by atomic mass is 19.1. The fraction of sp³-hybridized carbons (Fsp3) is 0.176. The van der Waals surface area contributed by atoms with Crippen molar-refractivity contribution in [1.29, 1.82) is 0 Å². The first-order valence-corrected chi connectivity index (χ1v) is 7.06. The van der Waals surface area contributed by atoms with Crippen LogP contribution in [-0.2, 0) is 0 Å². The number of anilines is 1. The Morgan fingerprint density at radius 2 is 1.82 bits per heavy atom. The van der Waals surface area contributed by atoms with E-state index in [9.17, 15) is 14.0 Å². The highest BCUT2D eigenvalue weighted by molar-refractivity contribution is 6.08. The molecule has 2 amide bonds. The number of carbonyl (C=O) groups excluding carboxylic acids is 2. The molecule has 2 aromatic carbocycles. The standard InChI is InChI=1S/C17H17FN2O2/c1-2-10-19-17(22)14-8-3-4-9-15(14)20-16(21)12-6-5-7-13(18)11-12/h3-9,11H,2,10H2,1H3,(H,19,22)(H,20,21). The molecule has 0 aliphatic carbocycles. The topological polar surface area (TPSA) is 58.2 Å². The lowest BCUT2D eigenvalue weighted by Crippen LogP contribution is -2.25. The summed E-state index contributed by atoms with van der Waals surface area (Å²) >= 11 is 0. The van der Waals surface area contributed by atoms with Crippen molar-refractivity contribution in [2.45, 2.75) is 13.3 Å². The third-order valence-corrected chi connectivity index (χ3v) is 3.04. The second kappa shape index (κ2) is 7.36. The van der Waals surface area contributed by atoms with Crippen molar-refractivity contribution in [1.82, 2.24) is 5.32 Å². The first-order chi connectivity index (χ1) is 10.6. The predicted octanol–water partition coefficient (Wildman–Crippen LogP) is 3.22. The maximum Gasteiger partial charge on any atom is 0.255 e. The first-order valence-electron chi connectivity index (χ1n) is 7.06. The number of carbonyl (C=O) groups is 2. The van der Waals surface area contributed by atoms with Crippen LogP contribution in [0.5, 0.6) is 0 Å². The first kappa shape index (κ1) is 15.7. The number of para-hydroxylation sites is 1. The van der Waals surface area contributed by atoms with Crippen LogP contribution in [0.2, 0.25) is 0 Å². The summed E-state index contributed by atoms with van der Waals surface area (Å²) in [6, 6.07) is 12.1. The summed E-state index contributed by atoms with van der Waals surface area (Å²) in [5.41, 5.74) is 0.967. The average Bonchev–Trinajstić information content (AvgIpc) is 2.53. The number of benzene rings is 2. The van der Waals surface area contributed by atoms with Gasteiger partial charge in [0.15, 0.2) is 0 Å². The van der Waals surface area contributed by atoms with Gasteiger partial charge in [-0.05, 0) is 36.8 Å². The minimum absolute atomic E-state index is 0.198. The molecule has 0 aromatic heterocycles. The van der Waals surface area contributed by atoms with E-state index in [-0.39, 0.29) is 11.5 Å². The predicted molar refractivity (Wildman–Crippen MR) is 83.4 cm³/mol. The molecule has 2 N–H and O–H groups in total. The molecule has 2 rings (SSSR count). The maximum absolute atomic E-state index is 13.2. The van der Waals surface area contributed by atoms with Gasteiger partial charge < -0.3 is 10.6 Å². The summed E-state index contributed by atoms with van der Waals surface area (Å²) in [6.07, 6.45) is 0.823. The van der Waals surface area contributed by atoms with E-state index < -0.39 is 11.7 Å². The van der Waals surface area contributed by atoms with Gasteiger partial charge in [0.05, 0.1) is 11.3 Å². The molecule has 0 aliphatic rings. The molecule has 5 heteroatoms. The number of hydrogen-bond donors (Lipinski definition) is 2. The monoisotopic (exact) mass is 300 g/mol. The molecule has 0 saturated carbocycles. The molecule has 0 bridgehead atoms. The Hall–Kier alpha value is -2.69. The molecule has 0 unspecified atom stereocenters. The smallest absolute Gasteiger partial charge is 0.255 e. The van der Waals surface area contributed by atoms with Crippen molar-refractivity contribution in [2.24, 2.45) is 0 Å². The van der Waals surface area contributed by atoms with E-state index in [1.54, 1.807) is 24.3 Å². The van der Waals surface area contributed by atoms with E-state index in [4.69, 9.17) is 0 Å². The number of nitrogens with one attached hydrogen (secondary N) is 2. The van der Waals surface area contributed by atoms with Gasteiger partial charge in [0.1, 0.15) is 5.82 Å². The van der Waals surface area contributed by atoms with Gasteiger partial charge in [-0.3, -0.25) is 9.59 Å². The Morgan fingerprint density at radius 3 is 2.55 bits per heavy atom. The molecular weight excluding hydrogens is 283 g/mol. The summed E-state index contributed by atoms with van der Waals surface area (Å²) in [6.45, 7) is 2.52. The van der Waals surface area contributed by atoms with Crippen LogP contribution in [0.3, 0.4) is 0 Å². The minimum Gasteiger partial charge on any atom is -0.352 e. The summed E-state index contributed by atoms with van der Waals surface area (Å²) in [4.78, 5) is 24.2. The van der Waals surface area contributed by atoms with Crippen molar-refractivity contribution >= 4 is 17.5 Å². The SMILES string of the molecule is CCCNC(=O)c1ccccc1NC(=O)c1cccc(F)c1. The van der Waals surface area contributed by atoms with Gasteiger partial charge in [-0.1, -0.05) is 25.1 Å². The lowest BCUT2D eigenvalue weighted by atomic mass is 10.1. The molecule has 0 aliphatic heterocycles. The zero-order chi connectivity index (χ0) is 15.9. The van der Waals surface area contributed by atoms with Crippen LogP contribution in [0, 0.1) is 5.82 Å². The van der Waals surface area contributed by atoms with E-state index in [1.807, 2.05) is 6.92 Å². The van der Waals surface area contributed by atoms with Gasteiger partial charge in [-0.2, -0.15) is 0 Å².